The highest BCUT2D eigenvalue weighted by atomic mass is 16.5. The topological polar surface area (TPSA) is 86.4 Å². The van der Waals surface area contributed by atoms with Crippen LogP contribution in [-0.2, 0) is 6.54 Å². The van der Waals surface area contributed by atoms with Crippen LogP contribution in [0.3, 0.4) is 0 Å². The molecular formula is C19H26N6O2. The molecule has 0 saturated carbocycles. The first kappa shape index (κ1) is 17.8. The molecule has 1 aromatic carbocycles. The first-order valence-corrected chi connectivity index (χ1v) is 9.40. The van der Waals surface area contributed by atoms with Crippen molar-refractivity contribution < 1.29 is 9.53 Å². The third kappa shape index (κ3) is 4.05. The Kier molecular flexibility index (Phi) is 4.73. The molecule has 1 saturated heterocycles. The lowest BCUT2D eigenvalue weighted by Gasteiger charge is -2.39. The predicted molar refractivity (Wildman–Crippen MR) is 100 cm³/mol. The van der Waals surface area contributed by atoms with E-state index in [0.717, 1.165) is 43.2 Å². The number of carbonyl (C=O) groups excluding carboxylic acids is 1. The Bertz CT molecular complexity index is 783. The van der Waals surface area contributed by atoms with Crippen LogP contribution in [0, 0.1) is 0 Å². The minimum atomic E-state index is -0.303. The number of amides is 2. The van der Waals surface area contributed by atoms with Gasteiger partial charge in [-0.25, -0.2) is 9.78 Å². The number of para-hydroxylation sites is 1. The number of H-pyrrole nitrogens is 1. The van der Waals surface area contributed by atoms with Crippen LogP contribution in [0.2, 0.25) is 0 Å². The Hall–Kier alpha value is -2.61. The molecule has 4 rings (SSSR count). The number of rotatable bonds is 3. The zero-order valence-electron chi connectivity index (χ0n) is 15.8. The average molecular weight is 370 g/mol. The molecule has 1 fully saturated rings. The second kappa shape index (κ2) is 7.19. The number of benzene rings is 1. The number of aromatic nitrogens is 3. The van der Waals surface area contributed by atoms with Gasteiger partial charge in [-0.15, -0.1) is 0 Å². The summed E-state index contributed by atoms with van der Waals surface area (Å²) < 4.78 is 6.06. The lowest BCUT2D eigenvalue weighted by atomic mass is 9.90. The van der Waals surface area contributed by atoms with E-state index in [2.05, 4.69) is 39.2 Å². The molecule has 2 aliphatic heterocycles. The van der Waals surface area contributed by atoms with Crippen molar-refractivity contribution >= 4 is 6.03 Å². The van der Waals surface area contributed by atoms with E-state index in [1.807, 2.05) is 29.2 Å². The number of nitrogens with one attached hydrogen (secondary N) is 2. The van der Waals surface area contributed by atoms with Crippen LogP contribution < -0.4 is 10.1 Å². The Labute approximate surface area is 158 Å². The van der Waals surface area contributed by atoms with E-state index in [-0.39, 0.29) is 17.7 Å². The fourth-order valence-corrected chi connectivity index (χ4v) is 3.80. The van der Waals surface area contributed by atoms with Crippen molar-refractivity contribution in [3.8, 4) is 5.75 Å². The van der Waals surface area contributed by atoms with E-state index < -0.39 is 0 Å². The number of ether oxygens (including phenoxy) is 1. The van der Waals surface area contributed by atoms with Crippen LogP contribution in [0.15, 0.2) is 30.6 Å². The molecule has 2 aliphatic rings. The SMILES string of the molecule is CC1(C)C[C@H](NC(=O)N2CCN(Cc3ncn[nH]3)CC2)c2ccccc2O1. The third-order valence-corrected chi connectivity index (χ3v) is 5.17. The van der Waals surface area contributed by atoms with Crippen molar-refractivity contribution in [1.82, 2.24) is 30.3 Å². The lowest BCUT2D eigenvalue weighted by Crippen LogP contribution is -2.53. The number of hydrogen-bond donors (Lipinski definition) is 2. The number of urea groups is 1. The Morgan fingerprint density at radius 3 is 2.81 bits per heavy atom. The molecular weight excluding hydrogens is 344 g/mol. The molecule has 8 nitrogen and oxygen atoms in total. The second-order valence-electron chi connectivity index (χ2n) is 7.80. The van der Waals surface area contributed by atoms with Gasteiger partial charge in [0.1, 0.15) is 23.5 Å². The van der Waals surface area contributed by atoms with E-state index in [1.165, 1.54) is 6.33 Å². The van der Waals surface area contributed by atoms with Crippen molar-refractivity contribution in [1.29, 1.82) is 0 Å². The van der Waals surface area contributed by atoms with E-state index >= 15 is 0 Å². The second-order valence-corrected chi connectivity index (χ2v) is 7.80. The van der Waals surface area contributed by atoms with Crippen molar-refractivity contribution in [2.75, 3.05) is 26.2 Å². The number of hydrogen-bond acceptors (Lipinski definition) is 5. The number of aromatic amines is 1. The van der Waals surface area contributed by atoms with E-state index in [0.29, 0.717) is 13.1 Å². The quantitative estimate of drug-likeness (QED) is 0.862. The van der Waals surface area contributed by atoms with Crippen molar-refractivity contribution in [2.24, 2.45) is 0 Å². The molecule has 27 heavy (non-hydrogen) atoms. The highest BCUT2D eigenvalue weighted by Crippen LogP contribution is 2.39. The van der Waals surface area contributed by atoms with Gasteiger partial charge in [0.05, 0.1) is 12.6 Å². The summed E-state index contributed by atoms with van der Waals surface area (Å²) >= 11 is 0. The fraction of sp³-hybridized carbons (Fsp3) is 0.526. The Morgan fingerprint density at radius 1 is 1.30 bits per heavy atom. The summed E-state index contributed by atoms with van der Waals surface area (Å²) in [5.74, 6) is 1.71. The van der Waals surface area contributed by atoms with Crippen LogP contribution in [0.5, 0.6) is 5.75 Å². The van der Waals surface area contributed by atoms with Crippen molar-refractivity contribution in [3.63, 3.8) is 0 Å². The Morgan fingerprint density at radius 2 is 2.07 bits per heavy atom. The third-order valence-electron chi connectivity index (χ3n) is 5.17. The molecule has 2 N–H and O–H groups in total. The monoisotopic (exact) mass is 370 g/mol. The molecule has 144 valence electrons. The Balaban J connectivity index is 1.36. The first-order valence-electron chi connectivity index (χ1n) is 9.40. The van der Waals surface area contributed by atoms with Crippen molar-refractivity contribution in [2.45, 2.75) is 38.5 Å². The summed E-state index contributed by atoms with van der Waals surface area (Å²) in [6.07, 6.45) is 2.27. The van der Waals surface area contributed by atoms with E-state index in [1.54, 1.807) is 0 Å². The number of piperazine rings is 1. The first-order chi connectivity index (χ1) is 13.0. The summed E-state index contributed by atoms with van der Waals surface area (Å²) in [5.41, 5.74) is 0.747. The zero-order chi connectivity index (χ0) is 18.9. The van der Waals surface area contributed by atoms with Crippen LogP contribution >= 0.6 is 0 Å². The number of fused-ring (bicyclic) bond motifs is 1. The normalized spacial score (nSPS) is 22.0. The summed E-state index contributed by atoms with van der Waals surface area (Å²) in [4.78, 5) is 21.2. The smallest absolute Gasteiger partial charge is 0.317 e. The van der Waals surface area contributed by atoms with Crippen LogP contribution in [0.4, 0.5) is 4.79 Å². The van der Waals surface area contributed by atoms with Gasteiger partial charge in [-0.1, -0.05) is 18.2 Å². The zero-order valence-corrected chi connectivity index (χ0v) is 15.8. The molecule has 0 unspecified atom stereocenters. The molecule has 2 aromatic rings. The van der Waals surface area contributed by atoms with E-state index in [9.17, 15) is 4.79 Å². The van der Waals surface area contributed by atoms with Gasteiger partial charge in [0.15, 0.2) is 0 Å². The van der Waals surface area contributed by atoms with Gasteiger partial charge < -0.3 is 15.0 Å². The molecule has 0 radical (unpaired) electrons. The van der Waals surface area contributed by atoms with Gasteiger partial charge in [-0.2, -0.15) is 5.10 Å². The van der Waals surface area contributed by atoms with Gasteiger partial charge in [0.25, 0.3) is 0 Å². The molecule has 3 heterocycles. The molecule has 1 aromatic heterocycles. The number of nitrogens with zero attached hydrogens (tertiary/aromatic N) is 4. The predicted octanol–water partition coefficient (Wildman–Crippen LogP) is 1.93. The maximum Gasteiger partial charge on any atom is 0.317 e. The summed E-state index contributed by atoms with van der Waals surface area (Å²) in [6, 6.07) is 7.91. The number of carbonyl (C=O) groups is 1. The van der Waals surface area contributed by atoms with Gasteiger partial charge >= 0.3 is 6.03 Å². The standard InChI is InChI=1S/C19H26N6O2/c1-19(2)11-15(14-5-3-4-6-16(14)27-19)22-18(26)25-9-7-24(8-10-25)12-17-20-13-21-23-17/h3-6,13,15H,7-12H2,1-2H3,(H,22,26)(H,20,21,23)/t15-/m0/s1. The molecule has 8 heteroatoms. The van der Waals surface area contributed by atoms with Crippen LogP contribution in [-0.4, -0.2) is 62.8 Å². The fourth-order valence-electron chi connectivity index (χ4n) is 3.80. The molecule has 0 bridgehead atoms. The lowest BCUT2D eigenvalue weighted by molar-refractivity contribution is 0.0651. The average Bonchev–Trinajstić information content (AvgIpc) is 3.14. The maximum atomic E-state index is 12.8. The van der Waals surface area contributed by atoms with Gasteiger partial charge in [0.2, 0.25) is 0 Å². The highest BCUT2D eigenvalue weighted by Gasteiger charge is 2.35. The molecule has 2 amide bonds. The van der Waals surface area contributed by atoms with Gasteiger partial charge in [-0.3, -0.25) is 10.00 Å². The minimum Gasteiger partial charge on any atom is -0.487 e. The van der Waals surface area contributed by atoms with Crippen LogP contribution in [0.25, 0.3) is 0 Å². The largest absolute Gasteiger partial charge is 0.487 e. The minimum absolute atomic E-state index is 0.00758. The summed E-state index contributed by atoms with van der Waals surface area (Å²) in [5, 5.41) is 9.98. The maximum absolute atomic E-state index is 12.8. The highest BCUT2D eigenvalue weighted by molar-refractivity contribution is 5.75. The van der Waals surface area contributed by atoms with E-state index in [4.69, 9.17) is 4.74 Å². The van der Waals surface area contributed by atoms with Crippen LogP contribution in [0.1, 0.15) is 37.7 Å². The van der Waals surface area contributed by atoms with Crippen molar-refractivity contribution in [3.05, 3.63) is 42.0 Å². The molecule has 0 aliphatic carbocycles. The summed E-state index contributed by atoms with van der Waals surface area (Å²) in [7, 11) is 0. The molecule has 0 spiro atoms. The van der Waals surface area contributed by atoms with Gasteiger partial charge in [-0.05, 0) is 19.9 Å². The molecule has 1 atom stereocenters. The summed E-state index contributed by atoms with van der Waals surface area (Å²) in [6.45, 7) is 7.90. The van der Waals surface area contributed by atoms with Gasteiger partial charge in [0, 0.05) is 38.2 Å².